The molecule has 2 aromatic rings. The fraction of sp³-hybridized carbons (Fsp3) is 0.458. The lowest BCUT2D eigenvalue weighted by atomic mass is 9.99. The SMILES string of the molecule is O=C(CCc1ccc(S(=O)(=O)N2CCCCCC2)cc1)N1CCc2ccccc2C1. The Kier molecular flexibility index (Phi) is 6.54. The molecule has 5 nitrogen and oxygen atoms in total. The molecule has 0 atom stereocenters. The number of sulfonamides is 1. The van der Waals surface area contributed by atoms with Crippen LogP contribution < -0.4 is 0 Å². The minimum absolute atomic E-state index is 0.158. The average molecular weight is 427 g/mol. The van der Waals surface area contributed by atoms with Crippen molar-refractivity contribution in [2.24, 2.45) is 0 Å². The number of rotatable bonds is 5. The zero-order valence-electron chi connectivity index (χ0n) is 17.4. The summed E-state index contributed by atoms with van der Waals surface area (Å²) in [6.45, 7) is 2.67. The molecule has 0 aromatic heterocycles. The summed E-state index contributed by atoms with van der Waals surface area (Å²) in [5.74, 6) is 0.158. The molecule has 1 saturated heterocycles. The zero-order chi connectivity index (χ0) is 21.0. The van der Waals surface area contributed by atoms with Crippen LogP contribution in [0.2, 0.25) is 0 Å². The number of carbonyl (C=O) groups is 1. The van der Waals surface area contributed by atoms with Gasteiger partial charge in [0.05, 0.1) is 4.90 Å². The van der Waals surface area contributed by atoms with E-state index in [-0.39, 0.29) is 5.91 Å². The van der Waals surface area contributed by atoms with Gasteiger partial charge in [-0.15, -0.1) is 0 Å². The monoisotopic (exact) mass is 426 g/mol. The van der Waals surface area contributed by atoms with E-state index in [1.54, 1.807) is 16.4 Å². The van der Waals surface area contributed by atoms with Crippen molar-refractivity contribution in [3.8, 4) is 0 Å². The Morgan fingerprint density at radius 3 is 2.20 bits per heavy atom. The van der Waals surface area contributed by atoms with E-state index in [4.69, 9.17) is 0 Å². The van der Waals surface area contributed by atoms with Gasteiger partial charge < -0.3 is 4.90 Å². The maximum Gasteiger partial charge on any atom is 0.243 e. The molecule has 0 saturated carbocycles. The van der Waals surface area contributed by atoms with Crippen molar-refractivity contribution in [1.29, 1.82) is 0 Å². The summed E-state index contributed by atoms with van der Waals surface area (Å²) in [6.07, 6.45) is 6.04. The summed E-state index contributed by atoms with van der Waals surface area (Å²) in [5, 5.41) is 0. The van der Waals surface area contributed by atoms with Gasteiger partial charge in [0.25, 0.3) is 0 Å². The van der Waals surface area contributed by atoms with E-state index in [0.29, 0.717) is 37.4 Å². The highest BCUT2D eigenvalue weighted by atomic mass is 32.2. The minimum Gasteiger partial charge on any atom is -0.338 e. The first-order valence-electron chi connectivity index (χ1n) is 11.0. The van der Waals surface area contributed by atoms with Gasteiger partial charge in [-0.25, -0.2) is 8.42 Å². The molecular formula is C24H30N2O3S. The van der Waals surface area contributed by atoms with E-state index in [9.17, 15) is 13.2 Å². The Balaban J connectivity index is 1.34. The first-order valence-corrected chi connectivity index (χ1v) is 12.4. The fourth-order valence-corrected chi connectivity index (χ4v) is 5.89. The lowest BCUT2D eigenvalue weighted by Crippen LogP contribution is -2.36. The summed E-state index contributed by atoms with van der Waals surface area (Å²) in [6, 6.07) is 15.4. The van der Waals surface area contributed by atoms with Crippen LogP contribution in [0.4, 0.5) is 0 Å². The molecule has 30 heavy (non-hydrogen) atoms. The van der Waals surface area contributed by atoms with Crippen LogP contribution in [-0.4, -0.2) is 43.2 Å². The van der Waals surface area contributed by atoms with Crippen molar-refractivity contribution < 1.29 is 13.2 Å². The molecule has 2 heterocycles. The molecule has 6 heteroatoms. The molecule has 2 aliphatic heterocycles. The minimum atomic E-state index is -3.42. The second-order valence-corrected chi connectivity index (χ2v) is 10.2. The van der Waals surface area contributed by atoms with Gasteiger partial charge in [0.2, 0.25) is 15.9 Å². The van der Waals surface area contributed by atoms with Crippen LogP contribution in [0.25, 0.3) is 0 Å². The van der Waals surface area contributed by atoms with Crippen LogP contribution in [0.5, 0.6) is 0 Å². The van der Waals surface area contributed by atoms with Crippen molar-refractivity contribution in [3.05, 3.63) is 65.2 Å². The number of fused-ring (bicyclic) bond motifs is 1. The van der Waals surface area contributed by atoms with Crippen LogP contribution in [0, 0.1) is 0 Å². The van der Waals surface area contributed by atoms with Crippen molar-refractivity contribution >= 4 is 15.9 Å². The summed E-state index contributed by atoms with van der Waals surface area (Å²) < 4.78 is 27.4. The Morgan fingerprint density at radius 1 is 0.833 bits per heavy atom. The molecule has 1 fully saturated rings. The molecular weight excluding hydrogens is 396 g/mol. The standard InChI is InChI=1S/C24H30N2O3S/c27-24(25-18-15-21-7-3-4-8-22(21)19-25)14-11-20-9-12-23(13-10-20)30(28,29)26-16-5-1-2-6-17-26/h3-4,7-10,12-13H,1-2,5-6,11,14-19H2. The first kappa shape index (κ1) is 21.1. The maximum atomic E-state index is 12.9. The van der Waals surface area contributed by atoms with Crippen LogP contribution in [0.3, 0.4) is 0 Å². The van der Waals surface area contributed by atoms with Crippen LogP contribution in [-0.2, 0) is 34.2 Å². The number of amides is 1. The molecule has 0 N–H and O–H groups in total. The average Bonchev–Trinajstić information content (AvgIpc) is 3.08. The summed E-state index contributed by atoms with van der Waals surface area (Å²) in [4.78, 5) is 15.0. The highest BCUT2D eigenvalue weighted by Gasteiger charge is 2.25. The molecule has 0 bridgehead atoms. The second-order valence-electron chi connectivity index (χ2n) is 8.30. The molecule has 0 spiro atoms. The normalized spacial score (nSPS) is 17.9. The quantitative estimate of drug-likeness (QED) is 0.731. The maximum absolute atomic E-state index is 12.9. The number of carbonyl (C=O) groups excluding carboxylic acids is 1. The van der Waals surface area contributed by atoms with E-state index in [0.717, 1.165) is 44.2 Å². The smallest absolute Gasteiger partial charge is 0.243 e. The van der Waals surface area contributed by atoms with Crippen molar-refractivity contribution in [1.82, 2.24) is 9.21 Å². The summed E-state index contributed by atoms with van der Waals surface area (Å²) >= 11 is 0. The van der Waals surface area contributed by atoms with Gasteiger partial charge >= 0.3 is 0 Å². The predicted octanol–water partition coefficient (Wildman–Crippen LogP) is 3.77. The number of benzene rings is 2. The second kappa shape index (κ2) is 9.31. The van der Waals surface area contributed by atoms with E-state index < -0.39 is 10.0 Å². The Labute approximate surface area is 179 Å². The van der Waals surface area contributed by atoms with Crippen molar-refractivity contribution in [3.63, 3.8) is 0 Å². The highest BCUT2D eigenvalue weighted by molar-refractivity contribution is 7.89. The van der Waals surface area contributed by atoms with Gasteiger partial charge in [0.1, 0.15) is 0 Å². The van der Waals surface area contributed by atoms with E-state index in [2.05, 4.69) is 12.1 Å². The Morgan fingerprint density at radius 2 is 1.50 bits per heavy atom. The van der Waals surface area contributed by atoms with E-state index in [1.165, 1.54) is 11.1 Å². The van der Waals surface area contributed by atoms with Gasteiger partial charge in [-0.3, -0.25) is 4.79 Å². The van der Waals surface area contributed by atoms with Crippen molar-refractivity contribution in [2.45, 2.75) is 56.4 Å². The third kappa shape index (κ3) is 4.76. The zero-order valence-corrected chi connectivity index (χ0v) is 18.2. The fourth-order valence-electron chi connectivity index (χ4n) is 4.38. The lowest BCUT2D eigenvalue weighted by Gasteiger charge is -2.29. The highest BCUT2D eigenvalue weighted by Crippen LogP contribution is 2.22. The third-order valence-electron chi connectivity index (χ3n) is 6.24. The molecule has 2 aliphatic rings. The molecule has 4 rings (SSSR count). The molecule has 0 aliphatic carbocycles. The third-order valence-corrected chi connectivity index (χ3v) is 8.15. The van der Waals surface area contributed by atoms with E-state index in [1.807, 2.05) is 29.2 Å². The van der Waals surface area contributed by atoms with Gasteiger partial charge in [0.15, 0.2) is 0 Å². The largest absolute Gasteiger partial charge is 0.338 e. The van der Waals surface area contributed by atoms with Gasteiger partial charge in [-0.05, 0) is 54.5 Å². The number of aryl methyl sites for hydroxylation is 1. The molecule has 160 valence electrons. The predicted molar refractivity (Wildman–Crippen MR) is 118 cm³/mol. The molecule has 0 unspecified atom stereocenters. The van der Waals surface area contributed by atoms with Crippen LogP contribution in [0.15, 0.2) is 53.4 Å². The first-order chi connectivity index (χ1) is 14.5. The van der Waals surface area contributed by atoms with Gasteiger partial charge in [0, 0.05) is 32.6 Å². The number of nitrogens with zero attached hydrogens (tertiary/aromatic N) is 2. The Bertz CT molecular complexity index is 978. The molecule has 1 amide bonds. The topological polar surface area (TPSA) is 57.7 Å². The molecule has 2 aromatic carbocycles. The van der Waals surface area contributed by atoms with Crippen molar-refractivity contribution in [2.75, 3.05) is 19.6 Å². The lowest BCUT2D eigenvalue weighted by molar-refractivity contribution is -0.132. The molecule has 0 radical (unpaired) electrons. The summed E-state index contributed by atoms with van der Waals surface area (Å²) in [5.41, 5.74) is 3.57. The summed E-state index contributed by atoms with van der Waals surface area (Å²) in [7, 11) is -3.42. The number of hydrogen-bond donors (Lipinski definition) is 0. The van der Waals surface area contributed by atoms with Gasteiger partial charge in [-0.2, -0.15) is 4.31 Å². The number of hydrogen-bond acceptors (Lipinski definition) is 3. The van der Waals surface area contributed by atoms with E-state index >= 15 is 0 Å². The van der Waals surface area contributed by atoms with Crippen LogP contribution >= 0.6 is 0 Å². The Hall–Kier alpha value is -2.18. The van der Waals surface area contributed by atoms with Crippen LogP contribution in [0.1, 0.15) is 48.8 Å². The van der Waals surface area contributed by atoms with Gasteiger partial charge in [-0.1, -0.05) is 49.2 Å².